The van der Waals surface area contributed by atoms with Crippen LogP contribution in [0.2, 0.25) is 0 Å². The van der Waals surface area contributed by atoms with E-state index in [0.717, 1.165) is 33.9 Å². The van der Waals surface area contributed by atoms with Gasteiger partial charge in [-0.3, -0.25) is 4.99 Å². The third-order valence-electron chi connectivity index (χ3n) is 4.71. The first kappa shape index (κ1) is 18.3. The molecule has 1 aliphatic rings. The van der Waals surface area contributed by atoms with Crippen LogP contribution in [0.5, 0.6) is 0 Å². The summed E-state index contributed by atoms with van der Waals surface area (Å²) in [5.74, 6) is 0.631. The highest BCUT2D eigenvalue weighted by Gasteiger charge is 2.31. The fraction of sp³-hybridized carbons (Fsp3) is 0.409. The van der Waals surface area contributed by atoms with Gasteiger partial charge in [0.25, 0.3) is 0 Å². The molecule has 1 aromatic carbocycles. The number of aryl methyl sites for hydroxylation is 2. The minimum absolute atomic E-state index is 0.0824. The quantitative estimate of drug-likeness (QED) is 0.730. The standard InChI is InChI=1S/C22H27N3O/c1-14-9-7-10-15(2)20(14)23-16(3)17-11-8-12-18(24-17)21-25-19(13-26-21)22(4,5)6/h7-12,19H,13H2,1-6H3/t19-/m1/s1. The van der Waals surface area contributed by atoms with Crippen LogP contribution in [0, 0.1) is 19.3 Å². The third-order valence-corrected chi connectivity index (χ3v) is 4.71. The first-order valence-electron chi connectivity index (χ1n) is 9.05. The first-order chi connectivity index (χ1) is 12.3. The maximum Gasteiger partial charge on any atom is 0.235 e. The molecule has 0 bridgehead atoms. The number of ether oxygens (including phenoxy) is 1. The molecule has 0 N–H and O–H groups in total. The van der Waals surface area contributed by atoms with Crippen molar-refractivity contribution in [2.24, 2.45) is 15.4 Å². The summed E-state index contributed by atoms with van der Waals surface area (Å²) in [6.45, 7) is 13.3. The van der Waals surface area contributed by atoms with Gasteiger partial charge >= 0.3 is 0 Å². The summed E-state index contributed by atoms with van der Waals surface area (Å²) in [6, 6.07) is 12.3. The molecule has 136 valence electrons. The Morgan fingerprint density at radius 1 is 1.08 bits per heavy atom. The van der Waals surface area contributed by atoms with Crippen LogP contribution < -0.4 is 0 Å². The number of pyridine rings is 1. The van der Waals surface area contributed by atoms with Gasteiger partial charge in [0.05, 0.1) is 23.1 Å². The summed E-state index contributed by atoms with van der Waals surface area (Å²) in [6.07, 6.45) is 0. The van der Waals surface area contributed by atoms with Crippen LogP contribution >= 0.6 is 0 Å². The van der Waals surface area contributed by atoms with E-state index < -0.39 is 0 Å². The number of rotatable bonds is 3. The lowest BCUT2D eigenvalue weighted by atomic mass is 9.88. The Hall–Kier alpha value is -2.49. The highest BCUT2D eigenvalue weighted by atomic mass is 16.5. The third kappa shape index (κ3) is 3.85. The Balaban J connectivity index is 1.92. The van der Waals surface area contributed by atoms with Gasteiger partial charge in [0.15, 0.2) is 0 Å². The average Bonchev–Trinajstić information content (AvgIpc) is 3.09. The van der Waals surface area contributed by atoms with E-state index in [0.29, 0.717) is 12.5 Å². The monoisotopic (exact) mass is 349 g/mol. The van der Waals surface area contributed by atoms with Crippen molar-refractivity contribution in [1.82, 2.24) is 4.98 Å². The van der Waals surface area contributed by atoms with Gasteiger partial charge in [0, 0.05) is 0 Å². The Morgan fingerprint density at radius 2 is 1.73 bits per heavy atom. The predicted molar refractivity (Wildman–Crippen MR) is 108 cm³/mol. The Labute approximate surface area is 156 Å². The summed E-state index contributed by atoms with van der Waals surface area (Å²) in [5, 5.41) is 0. The van der Waals surface area contributed by atoms with Crippen molar-refractivity contribution >= 4 is 17.3 Å². The van der Waals surface area contributed by atoms with Gasteiger partial charge in [0.2, 0.25) is 5.90 Å². The van der Waals surface area contributed by atoms with E-state index in [1.807, 2.05) is 25.1 Å². The fourth-order valence-electron chi connectivity index (χ4n) is 2.92. The van der Waals surface area contributed by atoms with Crippen molar-refractivity contribution in [3.05, 3.63) is 58.9 Å². The van der Waals surface area contributed by atoms with Crippen LogP contribution in [0.15, 0.2) is 46.4 Å². The van der Waals surface area contributed by atoms with E-state index in [9.17, 15) is 0 Å². The number of benzene rings is 1. The number of para-hydroxylation sites is 1. The first-order valence-corrected chi connectivity index (χ1v) is 9.05. The largest absolute Gasteiger partial charge is 0.474 e. The van der Waals surface area contributed by atoms with Crippen molar-refractivity contribution in [3.63, 3.8) is 0 Å². The van der Waals surface area contributed by atoms with Gasteiger partial charge in [-0.25, -0.2) is 9.98 Å². The van der Waals surface area contributed by atoms with Crippen molar-refractivity contribution in [1.29, 1.82) is 0 Å². The van der Waals surface area contributed by atoms with Gasteiger partial charge in [-0.2, -0.15) is 0 Å². The molecular formula is C22H27N3O. The summed E-state index contributed by atoms with van der Waals surface area (Å²) in [5.41, 5.74) is 5.92. The normalized spacial score (nSPS) is 17.8. The van der Waals surface area contributed by atoms with E-state index in [-0.39, 0.29) is 11.5 Å². The zero-order valence-electron chi connectivity index (χ0n) is 16.5. The predicted octanol–water partition coefficient (Wildman–Crippen LogP) is 5.03. The van der Waals surface area contributed by atoms with E-state index >= 15 is 0 Å². The Kier molecular flexibility index (Phi) is 4.94. The van der Waals surface area contributed by atoms with Crippen molar-refractivity contribution in [2.75, 3.05) is 6.61 Å². The maximum atomic E-state index is 5.82. The minimum atomic E-state index is 0.0824. The topological polar surface area (TPSA) is 46.8 Å². The molecule has 3 rings (SSSR count). The Bertz CT molecular complexity index is 855. The smallest absolute Gasteiger partial charge is 0.235 e. The van der Waals surface area contributed by atoms with Crippen LogP contribution in [0.3, 0.4) is 0 Å². The number of nitrogens with zero attached hydrogens (tertiary/aromatic N) is 3. The molecule has 1 atom stereocenters. The lowest BCUT2D eigenvalue weighted by Crippen LogP contribution is -2.25. The van der Waals surface area contributed by atoms with Crippen molar-refractivity contribution < 1.29 is 4.74 Å². The molecule has 0 aliphatic carbocycles. The molecule has 4 heteroatoms. The average molecular weight is 349 g/mol. The maximum absolute atomic E-state index is 5.82. The van der Waals surface area contributed by atoms with E-state index in [2.05, 4.69) is 52.8 Å². The van der Waals surface area contributed by atoms with E-state index in [1.165, 1.54) is 0 Å². The number of aliphatic imine (C=N–C) groups is 2. The zero-order valence-corrected chi connectivity index (χ0v) is 16.5. The highest BCUT2D eigenvalue weighted by molar-refractivity contribution is 6.00. The molecule has 0 spiro atoms. The molecule has 1 aromatic heterocycles. The van der Waals surface area contributed by atoms with Gasteiger partial charge in [-0.15, -0.1) is 0 Å². The second-order valence-corrected chi connectivity index (χ2v) is 7.97. The van der Waals surface area contributed by atoms with Crippen molar-refractivity contribution in [2.45, 2.75) is 47.6 Å². The van der Waals surface area contributed by atoms with Crippen LogP contribution in [0.25, 0.3) is 0 Å². The second kappa shape index (κ2) is 7.02. The summed E-state index contributed by atoms with van der Waals surface area (Å²) >= 11 is 0. The molecule has 4 nitrogen and oxygen atoms in total. The lowest BCUT2D eigenvalue weighted by Gasteiger charge is -2.21. The molecule has 0 amide bonds. The number of aromatic nitrogens is 1. The molecule has 0 unspecified atom stereocenters. The Morgan fingerprint density at radius 3 is 2.35 bits per heavy atom. The van der Waals surface area contributed by atoms with Crippen LogP contribution in [-0.4, -0.2) is 29.2 Å². The number of hydrogen-bond donors (Lipinski definition) is 0. The molecule has 1 aliphatic heterocycles. The van der Waals surface area contributed by atoms with E-state index in [1.54, 1.807) is 0 Å². The van der Waals surface area contributed by atoms with Gasteiger partial charge in [-0.1, -0.05) is 45.0 Å². The van der Waals surface area contributed by atoms with Gasteiger partial charge in [0.1, 0.15) is 12.3 Å². The molecular weight excluding hydrogens is 322 g/mol. The summed E-state index contributed by atoms with van der Waals surface area (Å²) < 4.78 is 5.82. The SMILES string of the molecule is CC(=Nc1c(C)cccc1C)c1cccc(C2=N[C@@H](C(C)(C)C)CO2)n1. The fourth-order valence-corrected chi connectivity index (χ4v) is 2.92. The molecule has 2 heterocycles. The van der Waals surface area contributed by atoms with Crippen molar-refractivity contribution in [3.8, 4) is 0 Å². The van der Waals surface area contributed by atoms with Gasteiger partial charge in [-0.05, 0) is 49.4 Å². The van der Waals surface area contributed by atoms with Crippen LogP contribution in [-0.2, 0) is 4.74 Å². The summed E-state index contributed by atoms with van der Waals surface area (Å²) in [4.78, 5) is 14.3. The van der Waals surface area contributed by atoms with Crippen LogP contribution in [0.1, 0.15) is 50.2 Å². The highest BCUT2D eigenvalue weighted by Crippen LogP contribution is 2.27. The van der Waals surface area contributed by atoms with Crippen LogP contribution in [0.4, 0.5) is 5.69 Å². The minimum Gasteiger partial charge on any atom is -0.474 e. The molecule has 0 fully saturated rings. The molecule has 0 saturated carbocycles. The lowest BCUT2D eigenvalue weighted by molar-refractivity contribution is 0.235. The second-order valence-electron chi connectivity index (χ2n) is 7.97. The molecule has 26 heavy (non-hydrogen) atoms. The zero-order chi connectivity index (χ0) is 18.9. The molecule has 0 radical (unpaired) electrons. The molecule has 0 saturated heterocycles. The molecule has 2 aromatic rings. The van der Waals surface area contributed by atoms with E-state index in [4.69, 9.17) is 19.7 Å². The van der Waals surface area contributed by atoms with Gasteiger partial charge < -0.3 is 4.74 Å². The number of hydrogen-bond acceptors (Lipinski definition) is 4. The summed E-state index contributed by atoms with van der Waals surface area (Å²) in [7, 11) is 0.